The minimum atomic E-state index is 0.517. The zero-order chi connectivity index (χ0) is 13.1. The molecule has 18 heavy (non-hydrogen) atoms. The molecule has 3 heteroatoms. The summed E-state index contributed by atoms with van der Waals surface area (Å²) in [7, 11) is 0. The number of thiophene rings is 1. The van der Waals surface area contributed by atoms with Gasteiger partial charge in [0.1, 0.15) is 0 Å². The Bertz CT molecular complexity index is 514. The van der Waals surface area contributed by atoms with Crippen LogP contribution in [0.1, 0.15) is 25.0 Å². The molecule has 0 fully saturated rings. The van der Waals surface area contributed by atoms with Gasteiger partial charge in [-0.05, 0) is 41.1 Å². The van der Waals surface area contributed by atoms with E-state index in [1.54, 1.807) is 11.3 Å². The Balaban J connectivity index is 2.22. The third kappa shape index (κ3) is 3.14. The average Bonchev–Trinajstić information content (AvgIpc) is 2.69. The molecule has 0 aliphatic carbocycles. The van der Waals surface area contributed by atoms with Gasteiger partial charge in [-0.25, -0.2) is 0 Å². The lowest BCUT2D eigenvalue weighted by Crippen LogP contribution is -2.21. The van der Waals surface area contributed by atoms with Crippen LogP contribution in [0.4, 0.5) is 0 Å². The molecule has 1 aromatic heterocycles. The predicted molar refractivity (Wildman–Crippen MR) is 81.5 cm³/mol. The minimum absolute atomic E-state index is 0.517. The van der Waals surface area contributed by atoms with Crippen molar-refractivity contribution in [3.05, 3.63) is 45.8 Å². The van der Waals surface area contributed by atoms with E-state index in [4.69, 9.17) is 11.6 Å². The monoisotopic (exact) mass is 279 g/mol. The van der Waals surface area contributed by atoms with E-state index in [0.29, 0.717) is 6.04 Å². The Kier molecular flexibility index (Phi) is 4.44. The summed E-state index contributed by atoms with van der Waals surface area (Å²) < 4.78 is 0. The highest BCUT2D eigenvalue weighted by Gasteiger charge is 2.09. The number of hydrogen-bond donors (Lipinski definition) is 1. The summed E-state index contributed by atoms with van der Waals surface area (Å²) in [5.74, 6) is 0. The molecule has 0 atom stereocenters. The molecule has 0 saturated heterocycles. The quantitative estimate of drug-likeness (QED) is 0.841. The Morgan fingerprint density at radius 3 is 2.50 bits per heavy atom. The maximum atomic E-state index is 5.92. The molecule has 0 aliphatic heterocycles. The van der Waals surface area contributed by atoms with Crippen molar-refractivity contribution < 1.29 is 0 Å². The largest absolute Gasteiger partial charge is 0.310 e. The smallest absolute Gasteiger partial charge is 0.0406 e. The highest BCUT2D eigenvalue weighted by Crippen LogP contribution is 2.32. The Morgan fingerprint density at radius 2 is 1.89 bits per heavy atom. The van der Waals surface area contributed by atoms with Crippen molar-refractivity contribution in [2.75, 3.05) is 0 Å². The summed E-state index contributed by atoms with van der Waals surface area (Å²) in [6.07, 6.45) is 0. The van der Waals surface area contributed by atoms with Crippen LogP contribution in [0.3, 0.4) is 0 Å². The summed E-state index contributed by atoms with van der Waals surface area (Å²) in [4.78, 5) is 1.34. The van der Waals surface area contributed by atoms with Gasteiger partial charge in [0.05, 0.1) is 0 Å². The Labute approximate surface area is 118 Å². The molecule has 1 aromatic carbocycles. The third-order valence-electron chi connectivity index (χ3n) is 2.95. The number of benzene rings is 1. The summed E-state index contributed by atoms with van der Waals surface area (Å²) in [6.45, 7) is 7.47. The molecule has 96 valence electrons. The molecule has 2 aromatic rings. The first-order valence-electron chi connectivity index (χ1n) is 6.14. The van der Waals surface area contributed by atoms with Crippen molar-refractivity contribution >= 4 is 22.9 Å². The zero-order valence-corrected chi connectivity index (χ0v) is 12.5. The fraction of sp³-hybridized carbons (Fsp3) is 0.333. The number of rotatable bonds is 4. The summed E-state index contributed by atoms with van der Waals surface area (Å²) in [6, 6.07) is 8.58. The molecule has 0 unspecified atom stereocenters. The van der Waals surface area contributed by atoms with Gasteiger partial charge < -0.3 is 5.32 Å². The van der Waals surface area contributed by atoms with Crippen molar-refractivity contribution in [1.82, 2.24) is 5.32 Å². The van der Waals surface area contributed by atoms with E-state index in [1.165, 1.54) is 21.6 Å². The maximum absolute atomic E-state index is 5.92. The van der Waals surface area contributed by atoms with E-state index >= 15 is 0 Å². The Hall–Kier alpha value is -0.830. The predicted octanol–water partition coefficient (Wildman–Crippen LogP) is 4.87. The standard InChI is InChI=1S/C15H18ClNS/c1-10(2)17-8-13-9-18-15(11(13)3)12-4-6-14(16)7-5-12/h4-7,9-10,17H,8H2,1-3H3. The van der Waals surface area contributed by atoms with Gasteiger partial charge in [0.15, 0.2) is 0 Å². The molecule has 1 nitrogen and oxygen atoms in total. The topological polar surface area (TPSA) is 12.0 Å². The first-order valence-corrected chi connectivity index (χ1v) is 7.40. The second-order valence-electron chi connectivity index (χ2n) is 4.76. The zero-order valence-electron chi connectivity index (χ0n) is 11.0. The van der Waals surface area contributed by atoms with Crippen molar-refractivity contribution in [2.24, 2.45) is 0 Å². The highest BCUT2D eigenvalue weighted by atomic mass is 35.5. The van der Waals surface area contributed by atoms with Gasteiger partial charge in [-0.2, -0.15) is 0 Å². The molecule has 1 N–H and O–H groups in total. The van der Waals surface area contributed by atoms with E-state index in [9.17, 15) is 0 Å². The number of halogens is 1. The van der Waals surface area contributed by atoms with Crippen molar-refractivity contribution in [3.63, 3.8) is 0 Å². The molecule has 0 bridgehead atoms. The summed E-state index contributed by atoms with van der Waals surface area (Å²) in [5, 5.41) is 6.49. The van der Waals surface area contributed by atoms with Gasteiger partial charge in [0, 0.05) is 22.5 Å². The highest BCUT2D eigenvalue weighted by molar-refractivity contribution is 7.14. The maximum Gasteiger partial charge on any atom is 0.0406 e. The van der Waals surface area contributed by atoms with E-state index in [2.05, 4.69) is 43.6 Å². The molecule has 1 heterocycles. The lowest BCUT2D eigenvalue weighted by molar-refractivity contribution is 0.588. The summed E-state index contributed by atoms with van der Waals surface area (Å²) >= 11 is 7.73. The van der Waals surface area contributed by atoms with E-state index in [0.717, 1.165) is 11.6 Å². The normalized spacial score (nSPS) is 11.2. The van der Waals surface area contributed by atoms with Crippen LogP contribution in [0.15, 0.2) is 29.6 Å². The van der Waals surface area contributed by atoms with Gasteiger partial charge in [0.25, 0.3) is 0 Å². The average molecular weight is 280 g/mol. The number of hydrogen-bond acceptors (Lipinski definition) is 2. The summed E-state index contributed by atoms with van der Waals surface area (Å²) in [5.41, 5.74) is 4.01. The lowest BCUT2D eigenvalue weighted by atomic mass is 10.1. The third-order valence-corrected chi connectivity index (χ3v) is 4.38. The molecular weight excluding hydrogens is 262 g/mol. The van der Waals surface area contributed by atoms with Crippen LogP contribution in [0.25, 0.3) is 10.4 Å². The molecule has 2 rings (SSSR count). The first kappa shape index (κ1) is 13.6. The molecule has 0 amide bonds. The van der Waals surface area contributed by atoms with Gasteiger partial charge >= 0.3 is 0 Å². The fourth-order valence-corrected chi connectivity index (χ4v) is 3.05. The van der Waals surface area contributed by atoms with Gasteiger partial charge in [-0.3, -0.25) is 0 Å². The molecule has 0 radical (unpaired) electrons. The fourth-order valence-electron chi connectivity index (χ4n) is 1.83. The van der Waals surface area contributed by atoms with Gasteiger partial charge in [-0.1, -0.05) is 37.6 Å². The second kappa shape index (κ2) is 5.87. The van der Waals surface area contributed by atoms with Crippen LogP contribution in [-0.2, 0) is 6.54 Å². The molecule has 0 spiro atoms. The SMILES string of the molecule is Cc1c(CNC(C)C)csc1-c1ccc(Cl)cc1. The van der Waals surface area contributed by atoms with Crippen molar-refractivity contribution in [1.29, 1.82) is 0 Å². The minimum Gasteiger partial charge on any atom is -0.310 e. The Morgan fingerprint density at radius 1 is 1.22 bits per heavy atom. The lowest BCUT2D eigenvalue weighted by Gasteiger charge is -2.08. The van der Waals surface area contributed by atoms with Crippen LogP contribution in [0.2, 0.25) is 5.02 Å². The molecule has 0 aliphatic rings. The van der Waals surface area contributed by atoms with Crippen LogP contribution in [0, 0.1) is 6.92 Å². The van der Waals surface area contributed by atoms with E-state index in [-0.39, 0.29) is 0 Å². The second-order valence-corrected chi connectivity index (χ2v) is 6.07. The number of nitrogens with one attached hydrogen (secondary N) is 1. The van der Waals surface area contributed by atoms with Crippen LogP contribution in [0.5, 0.6) is 0 Å². The van der Waals surface area contributed by atoms with E-state index in [1.807, 2.05) is 12.1 Å². The van der Waals surface area contributed by atoms with E-state index < -0.39 is 0 Å². The van der Waals surface area contributed by atoms with Crippen LogP contribution in [-0.4, -0.2) is 6.04 Å². The van der Waals surface area contributed by atoms with Gasteiger partial charge in [-0.15, -0.1) is 11.3 Å². The van der Waals surface area contributed by atoms with Crippen molar-refractivity contribution in [3.8, 4) is 10.4 Å². The first-order chi connectivity index (χ1) is 8.58. The molecule has 0 saturated carbocycles. The van der Waals surface area contributed by atoms with Crippen molar-refractivity contribution in [2.45, 2.75) is 33.4 Å². The van der Waals surface area contributed by atoms with Crippen LogP contribution >= 0.6 is 22.9 Å². The van der Waals surface area contributed by atoms with Crippen LogP contribution < -0.4 is 5.32 Å². The molecular formula is C15H18ClNS. The van der Waals surface area contributed by atoms with Gasteiger partial charge in [0.2, 0.25) is 0 Å².